The van der Waals surface area contributed by atoms with Crippen LogP contribution in [0.3, 0.4) is 0 Å². The van der Waals surface area contributed by atoms with E-state index in [2.05, 4.69) is 15.5 Å². The molecule has 2 aromatic carbocycles. The van der Waals surface area contributed by atoms with Crippen LogP contribution < -0.4 is 14.8 Å². The first kappa shape index (κ1) is 20.6. The summed E-state index contributed by atoms with van der Waals surface area (Å²) < 4.78 is 20.8. The predicted octanol–water partition coefficient (Wildman–Crippen LogP) is 2.95. The van der Waals surface area contributed by atoms with E-state index < -0.39 is 18.5 Å². The van der Waals surface area contributed by atoms with Crippen LogP contribution >= 0.6 is 0 Å². The van der Waals surface area contributed by atoms with Crippen LogP contribution in [0.4, 0.5) is 6.01 Å². The molecule has 1 amide bonds. The summed E-state index contributed by atoms with van der Waals surface area (Å²) in [6.45, 7) is -0.512. The summed E-state index contributed by atoms with van der Waals surface area (Å²) >= 11 is 0. The van der Waals surface area contributed by atoms with Crippen molar-refractivity contribution in [1.82, 2.24) is 10.2 Å². The van der Waals surface area contributed by atoms with E-state index in [0.29, 0.717) is 17.1 Å². The van der Waals surface area contributed by atoms with E-state index in [-0.39, 0.29) is 11.9 Å². The molecule has 1 aromatic heterocycles. The number of nitrogens with zero attached hydrogens (tertiary/aromatic N) is 2. The highest BCUT2D eigenvalue weighted by molar-refractivity contribution is 5.93. The first-order valence-corrected chi connectivity index (χ1v) is 8.85. The van der Waals surface area contributed by atoms with Gasteiger partial charge in [-0.2, -0.15) is 0 Å². The highest BCUT2D eigenvalue weighted by Crippen LogP contribution is 2.31. The second-order valence-electron chi connectivity index (χ2n) is 5.85. The van der Waals surface area contributed by atoms with E-state index in [0.717, 1.165) is 5.56 Å². The molecule has 0 spiro atoms. The van der Waals surface area contributed by atoms with E-state index in [9.17, 15) is 9.59 Å². The molecule has 0 radical (unpaired) electrons. The Hall–Kier alpha value is -4.14. The van der Waals surface area contributed by atoms with Crippen LogP contribution in [0.2, 0.25) is 0 Å². The maximum atomic E-state index is 11.9. The summed E-state index contributed by atoms with van der Waals surface area (Å²) in [7, 11) is 3.02. The third-order valence-corrected chi connectivity index (χ3v) is 3.87. The number of amides is 1. The number of carbonyl (C=O) groups excluding carboxylic acids is 2. The van der Waals surface area contributed by atoms with Crippen LogP contribution in [0.5, 0.6) is 11.5 Å². The summed E-state index contributed by atoms with van der Waals surface area (Å²) in [6.07, 6.45) is 2.69. The maximum absolute atomic E-state index is 11.9. The molecule has 0 fully saturated rings. The van der Waals surface area contributed by atoms with Crippen molar-refractivity contribution in [2.45, 2.75) is 0 Å². The van der Waals surface area contributed by atoms with Crippen molar-refractivity contribution in [2.75, 3.05) is 26.1 Å². The lowest BCUT2D eigenvalue weighted by molar-refractivity contribution is -0.142. The van der Waals surface area contributed by atoms with Gasteiger partial charge in [-0.15, -0.1) is 5.10 Å². The van der Waals surface area contributed by atoms with Crippen LogP contribution in [0.1, 0.15) is 5.56 Å². The molecule has 0 aliphatic carbocycles. The molecule has 0 aliphatic heterocycles. The molecule has 0 saturated carbocycles. The van der Waals surface area contributed by atoms with Crippen molar-refractivity contribution >= 4 is 24.0 Å². The van der Waals surface area contributed by atoms with Gasteiger partial charge in [-0.05, 0) is 24.3 Å². The Morgan fingerprint density at radius 2 is 1.83 bits per heavy atom. The molecule has 0 unspecified atom stereocenters. The normalized spacial score (nSPS) is 10.6. The topological polar surface area (TPSA) is 113 Å². The van der Waals surface area contributed by atoms with Gasteiger partial charge < -0.3 is 18.6 Å². The fourth-order valence-electron chi connectivity index (χ4n) is 2.51. The number of hydrogen-bond acceptors (Lipinski definition) is 8. The lowest BCUT2D eigenvalue weighted by Gasteiger charge is -2.09. The number of carbonyl (C=O) groups is 2. The highest BCUT2D eigenvalue weighted by Gasteiger charge is 2.13. The van der Waals surface area contributed by atoms with Crippen molar-refractivity contribution in [2.24, 2.45) is 0 Å². The average molecular weight is 409 g/mol. The van der Waals surface area contributed by atoms with Gasteiger partial charge in [0.2, 0.25) is 5.89 Å². The lowest BCUT2D eigenvalue weighted by Crippen LogP contribution is -2.20. The van der Waals surface area contributed by atoms with E-state index in [1.807, 2.05) is 18.2 Å². The largest absolute Gasteiger partial charge is 0.493 e. The zero-order chi connectivity index (χ0) is 21.3. The summed E-state index contributed by atoms with van der Waals surface area (Å²) in [4.78, 5) is 23.8. The van der Waals surface area contributed by atoms with Crippen molar-refractivity contribution in [3.05, 3.63) is 60.2 Å². The monoisotopic (exact) mass is 409 g/mol. The van der Waals surface area contributed by atoms with Gasteiger partial charge in [0.05, 0.1) is 14.2 Å². The minimum absolute atomic E-state index is 0.0911. The van der Waals surface area contributed by atoms with Gasteiger partial charge >= 0.3 is 12.0 Å². The Labute approximate surface area is 172 Å². The highest BCUT2D eigenvalue weighted by atomic mass is 16.5. The second kappa shape index (κ2) is 9.87. The zero-order valence-electron chi connectivity index (χ0n) is 16.3. The molecule has 154 valence electrons. The number of benzene rings is 2. The molecule has 9 nitrogen and oxygen atoms in total. The molecule has 1 heterocycles. The van der Waals surface area contributed by atoms with Gasteiger partial charge in [-0.3, -0.25) is 10.1 Å². The number of nitrogens with one attached hydrogen (secondary N) is 1. The van der Waals surface area contributed by atoms with Crippen LogP contribution in [-0.2, 0) is 14.3 Å². The lowest BCUT2D eigenvalue weighted by atomic mass is 10.1. The Balaban J connectivity index is 1.52. The van der Waals surface area contributed by atoms with Crippen molar-refractivity contribution in [3.8, 4) is 23.0 Å². The van der Waals surface area contributed by atoms with Gasteiger partial charge in [-0.1, -0.05) is 35.4 Å². The number of anilines is 1. The van der Waals surface area contributed by atoms with Crippen molar-refractivity contribution < 1.29 is 28.2 Å². The number of rotatable bonds is 8. The summed E-state index contributed by atoms with van der Waals surface area (Å²) in [6, 6.07) is 14.2. The molecule has 1 N–H and O–H groups in total. The van der Waals surface area contributed by atoms with Gasteiger partial charge in [0.15, 0.2) is 18.1 Å². The zero-order valence-corrected chi connectivity index (χ0v) is 16.3. The third kappa shape index (κ3) is 5.22. The molecule has 0 aliphatic rings. The molecule has 3 rings (SSSR count). The molecular weight excluding hydrogens is 390 g/mol. The molecule has 9 heteroatoms. The second-order valence-corrected chi connectivity index (χ2v) is 5.85. The number of hydrogen-bond donors (Lipinski definition) is 1. The van der Waals surface area contributed by atoms with Gasteiger partial charge in [0, 0.05) is 17.2 Å². The number of ether oxygens (including phenoxy) is 3. The van der Waals surface area contributed by atoms with Gasteiger partial charge in [0.25, 0.3) is 5.91 Å². The summed E-state index contributed by atoms with van der Waals surface area (Å²) in [5.74, 6) is -0.0446. The molecule has 3 aromatic rings. The van der Waals surface area contributed by atoms with Crippen LogP contribution in [0.25, 0.3) is 17.5 Å². The fourth-order valence-corrected chi connectivity index (χ4v) is 2.51. The smallest absolute Gasteiger partial charge is 0.331 e. The molecule has 0 atom stereocenters. The third-order valence-electron chi connectivity index (χ3n) is 3.87. The maximum Gasteiger partial charge on any atom is 0.331 e. The van der Waals surface area contributed by atoms with Crippen molar-refractivity contribution in [3.63, 3.8) is 0 Å². The minimum atomic E-state index is -0.703. The average Bonchev–Trinajstić information content (AvgIpc) is 3.24. The van der Waals surface area contributed by atoms with Gasteiger partial charge in [-0.25, -0.2) is 4.79 Å². The van der Waals surface area contributed by atoms with Crippen LogP contribution in [0.15, 0.2) is 59.0 Å². The van der Waals surface area contributed by atoms with Gasteiger partial charge in [0.1, 0.15) is 0 Å². The Morgan fingerprint density at radius 1 is 1.03 bits per heavy atom. The molecule has 0 saturated heterocycles. The fraction of sp³-hybridized carbons (Fsp3) is 0.143. The van der Waals surface area contributed by atoms with Crippen molar-refractivity contribution in [1.29, 1.82) is 0 Å². The van der Waals surface area contributed by atoms with E-state index in [1.165, 1.54) is 26.4 Å². The van der Waals surface area contributed by atoms with E-state index in [1.54, 1.807) is 30.3 Å². The summed E-state index contributed by atoms with van der Waals surface area (Å²) in [5.41, 5.74) is 1.34. The Bertz CT molecular complexity index is 1050. The number of para-hydroxylation sites is 1. The quantitative estimate of drug-likeness (QED) is 0.446. The van der Waals surface area contributed by atoms with E-state index >= 15 is 0 Å². The minimum Gasteiger partial charge on any atom is -0.493 e. The van der Waals surface area contributed by atoms with E-state index in [4.69, 9.17) is 18.6 Å². The number of esters is 1. The standard InChI is InChI=1S/C21H19N3O6/c1-27-16-10-6-9-14(19(16)28-2)11-12-18(26)29-13-17(25)22-21-24-23-20(30-21)15-7-4-3-5-8-15/h3-12H,13H2,1-2H3,(H,22,24,25)/b12-11+. The number of aromatic nitrogens is 2. The SMILES string of the molecule is COc1cccc(/C=C/C(=O)OCC(=O)Nc2nnc(-c3ccccc3)o2)c1OC. The first-order valence-electron chi connectivity index (χ1n) is 8.85. The number of methoxy groups -OCH3 is 2. The molecular formula is C21H19N3O6. The predicted molar refractivity (Wildman–Crippen MR) is 108 cm³/mol. The molecule has 0 bridgehead atoms. The Kier molecular flexibility index (Phi) is 6.78. The first-order chi connectivity index (χ1) is 14.6. The van der Waals surface area contributed by atoms with Crippen LogP contribution in [0, 0.1) is 0 Å². The summed E-state index contributed by atoms with van der Waals surface area (Å²) in [5, 5.41) is 9.98. The molecule has 30 heavy (non-hydrogen) atoms. The van der Waals surface area contributed by atoms with Crippen LogP contribution in [-0.4, -0.2) is 42.9 Å². The Morgan fingerprint density at radius 3 is 2.57 bits per heavy atom.